The van der Waals surface area contributed by atoms with Crippen LogP contribution in [-0.4, -0.2) is 17.5 Å². The highest BCUT2D eigenvalue weighted by Gasteiger charge is 2.11. The Bertz CT molecular complexity index is 886. The van der Waals surface area contributed by atoms with E-state index in [1.165, 1.54) is 22.5 Å². The molecule has 124 valence electrons. The first kappa shape index (κ1) is 16.5. The first-order chi connectivity index (χ1) is 11.6. The van der Waals surface area contributed by atoms with E-state index in [9.17, 15) is 4.79 Å². The van der Waals surface area contributed by atoms with E-state index >= 15 is 0 Å². The minimum Gasteiger partial charge on any atom is -0.484 e. The third-order valence-electron chi connectivity index (χ3n) is 4.01. The molecular weight excluding hydrogens is 320 g/mol. The Morgan fingerprint density at radius 2 is 2.08 bits per heavy atom. The van der Waals surface area contributed by atoms with Gasteiger partial charge in [-0.15, -0.1) is 0 Å². The third-order valence-corrected chi connectivity index (χ3v) is 4.94. The molecule has 4 nitrogen and oxygen atoms in total. The number of carbonyl (C=O) groups excluding carboxylic acids is 1. The lowest BCUT2D eigenvalue weighted by Gasteiger charge is -2.07. The number of carbonyl (C=O) groups is 1. The normalized spacial score (nSPS) is 10.8. The van der Waals surface area contributed by atoms with Crippen molar-refractivity contribution < 1.29 is 9.53 Å². The van der Waals surface area contributed by atoms with Gasteiger partial charge in [0.15, 0.2) is 11.7 Å². The number of aromatic nitrogens is 1. The molecule has 0 saturated carbocycles. The number of hydrogen-bond donors (Lipinski definition) is 1. The SMILES string of the molecule is CCc1cccc(OCC(=O)Nc2nc3c(C)c(C)ccc3s2)c1. The van der Waals surface area contributed by atoms with E-state index in [1.807, 2.05) is 37.3 Å². The number of aryl methyl sites for hydroxylation is 3. The van der Waals surface area contributed by atoms with Crippen LogP contribution >= 0.6 is 11.3 Å². The molecule has 1 N–H and O–H groups in total. The number of benzene rings is 2. The van der Waals surface area contributed by atoms with E-state index in [4.69, 9.17) is 4.74 Å². The predicted octanol–water partition coefficient (Wildman–Crippen LogP) is 4.49. The van der Waals surface area contributed by atoms with Crippen LogP contribution in [0.4, 0.5) is 5.13 Å². The highest BCUT2D eigenvalue weighted by molar-refractivity contribution is 7.22. The topological polar surface area (TPSA) is 51.2 Å². The van der Waals surface area contributed by atoms with Crippen LogP contribution in [0.3, 0.4) is 0 Å². The number of thiazole rings is 1. The molecule has 0 aliphatic heterocycles. The van der Waals surface area contributed by atoms with Crippen molar-refractivity contribution in [2.75, 3.05) is 11.9 Å². The van der Waals surface area contributed by atoms with Crippen molar-refractivity contribution in [2.24, 2.45) is 0 Å². The third kappa shape index (κ3) is 3.57. The Morgan fingerprint density at radius 3 is 2.88 bits per heavy atom. The van der Waals surface area contributed by atoms with Gasteiger partial charge in [0.1, 0.15) is 5.75 Å². The van der Waals surface area contributed by atoms with Gasteiger partial charge in [-0.3, -0.25) is 10.1 Å². The van der Waals surface area contributed by atoms with Gasteiger partial charge < -0.3 is 4.74 Å². The Balaban J connectivity index is 1.65. The van der Waals surface area contributed by atoms with Gasteiger partial charge in [0, 0.05) is 0 Å². The molecule has 1 amide bonds. The summed E-state index contributed by atoms with van der Waals surface area (Å²) in [4.78, 5) is 16.6. The fourth-order valence-corrected chi connectivity index (χ4v) is 3.38. The van der Waals surface area contributed by atoms with Crippen LogP contribution in [0.2, 0.25) is 0 Å². The maximum Gasteiger partial charge on any atom is 0.264 e. The van der Waals surface area contributed by atoms with Gasteiger partial charge in [0.25, 0.3) is 5.91 Å². The Morgan fingerprint density at radius 1 is 1.25 bits per heavy atom. The summed E-state index contributed by atoms with van der Waals surface area (Å²) in [5, 5.41) is 3.43. The molecule has 0 saturated heterocycles. The Hall–Kier alpha value is -2.40. The summed E-state index contributed by atoms with van der Waals surface area (Å²) in [5.41, 5.74) is 4.48. The zero-order valence-corrected chi connectivity index (χ0v) is 14.9. The van der Waals surface area contributed by atoms with Crippen LogP contribution in [0.15, 0.2) is 36.4 Å². The number of nitrogens with one attached hydrogen (secondary N) is 1. The molecule has 0 aliphatic carbocycles. The summed E-state index contributed by atoms with van der Waals surface area (Å²) >= 11 is 1.48. The van der Waals surface area contributed by atoms with Crippen LogP contribution in [0.1, 0.15) is 23.6 Å². The number of amides is 1. The highest BCUT2D eigenvalue weighted by Crippen LogP contribution is 2.29. The van der Waals surface area contributed by atoms with E-state index < -0.39 is 0 Å². The fourth-order valence-electron chi connectivity index (χ4n) is 2.44. The molecule has 1 heterocycles. The monoisotopic (exact) mass is 340 g/mol. The maximum atomic E-state index is 12.1. The second kappa shape index (κ2) is 7.01. The van der Waals surface area contributed by atoms with Gasteiger partial charge in [0.2, 0.25) is 0 Å². The molecule has 0 bridgehead atoms. The second-order valence-corrected chi connectivity index (χ2v) is 6.74. The standard InChI is InChI=1S/C19H20N2O2S/c1-4-14-6-5-7-15(10-14)23-11-17(22)20-19-21-18-13(3)12(2)8-9-16(18)24-19/h5-10H,4,11H2,1-3H3,(H,20,21,22). The quantitative estimate of drug-likeness (QED) is 0.744. The lowest BCUT2D eigenvalue weighted by Crippen LogP contribution is -2.20. The molecule has 2 aromatic carbocycles. The summed E-state index contributed by atoms with van der Waals surface area (Å²) in [6.45, 7) is 6.17. The fraction of sp³-hybridized carbons (Fsp3) is 0.263. The molecule has 0 spiro atoms. The van der Waals surface area contributed by atoms with E-state index in [1.54, 1.807) is 0 Å². The van der Waals surface area contributed by atoms with Crippen molar-refractivity contribution in [3.8, 4) is 5.75 Å². The molecule has 5 heteroatoms. The maximum absolute atomic E-state index is 12.1. The minimum atomic E-state index is -0.203. The van der Waals surface area contributed by atoms with Gasteiger partial charge in [-0.1, -0.05) is 36.5 Å². The molecule has 0 aliphatic rings. The van der Waals surface area contributed by atoms with Crippen molar-refractivity contribution in [3.63, 3.8) is 0 Å². The van der Waals surface area contributed by atoms with Crippen molar-refractivity contribution in [1.29, 1.82) is 0 Å². The molecule has 0 unspecified atom stereocenters. The largest absolute Gasteiger partial charge is 0.484 e. The van der Waals surface area contributed by atoms with E-state index in [0.717, 1.165) is 22.2 Å². The minimum absolute atomic E-state index is 0.0267. The first-order valence-corrected chi connectivity index (χ1v) is 8.77. The summed E-state index contributed by atoms with van der Waals surface area (Å²) in [7, 11) is 0. The van der Waals surface area contributed by atoms with Crippen LogP contribution in [0, 0.1) is 13.8 Å². The summed E-state index contributed by atoms with van der Waals surface area (Å²) in [6.07, 6.45) is 0.938. The predicted molar refractivity (Wildman–Crippen MR) is 99.0 cm³/mol. The van der Waals surface area contributed by atoms with E-state index in [0.29, 0.717) is 10.9 Å². The lowest BCUT2D eigenvalue weighted by molar-refractivity contribution is -0.118. The Labute approximate surface area is 145 Å². The number of fused-ring (bicyclic) bond motifs is 1. The van der Waals surface area contributed by atoms with Gasteiger partial charge >= 0.3 is 0 Å². The number of anilines is 1. The van der Waals surface area contributed by atoms with Crippen molar-refractivity contribution >= 4 is 32.6 Å². The average Bonchev–Trinajstić information content (AvgIpc) is 3.00. The summed E-state index contributed by atoms with van der Waals surface area (Å²) < 4.78 is 6.64. The zero-order valence-electron chi connectivity index (χ0n) is 14.1. The van der Waals surface area contributed by atoms with E-state index in [2.05, 4.69) is 30.2 Å². The molecule has 0 atom stereocenters. The lowest BCUT2D eigenvalue weighted by atomic mass is 10.1. The number of nitrogens with zero attached hydrogens (tertiary/aromatic N) is 1. The van der Waals surface area contributed by atoms with Gasteiger partial charge in [-0.25, -0.2) is 4.98 Å². The molecule has 0 radical (unpaired) electrons. The molecule has 3 aromatic rings. The van der Waals surface area contributed by atoms with Crippen molar-refractivity contribution in [3.05, 3.63) is 53.1 Å². The smallest absolute Gasteiger partial charge is 0.264 e. The average molecular weight is 340 g/mol. The van der Waals surface area contributed by atoms with Gasteiger partial charge in [0.05, 0.1) is 10.2 Å². The summed E-state index contributed by atoms with van der Waals surface area (Å²) in [5.74, 6) is 0.505. The molecule has 0 fully saturated rings. The number of rotatable bonds is 5. The van der Waals surface area contributed by atoms with Crippen LogP contribution in [-0.2, 0) is 11.2 Å². The zero-order chi connectivity index (χ0) is 17.1. The van der Waals surface area contributed by atoms with Crippen LogP contribution in [0.5, 0.6) is 5.75 Å². The van der Waals surface area contributed by atoms with Crippen LogP contribution < -0.4 is 10.1 Å². The van der Waals surface area contributed by atoms with E-state index in [-0.39, 0.29) is 12.5 Å². The molecule has 3 rings (SSSR count). The molecule has 24 heavy (non-hydrogen) atoms. The first-order valence-electron chi connectivity index (χ1n) is 7.95. The van der Waals surface area contributed by atoms with Crippen molar-refractivity contribution in [2.45, 2.75) is 27.2 Å². The van der Waals surface area contributed by atoms with Gasteiger partial charge in [-0.05, 0) is 55.2 Å². The Kier molecular flexibility index (Phi) is 4.81. The second-order valence-electron chi connectivity index (χ2n) is 5.71. The van der Waals surface area contributed by atoms with Crippen molar-refractivity contribution in [1.82, 2.24) is 4.98 Å². The molecule has 1 aromatic heterocycles. The van der Waals surface area contributed by atoms with Crippen LogP contribution in [0.25, 0.3) is 10.2 Å². The summed E-state index contributed by atoms with van der Waals surface area (Å²) in [6, 6.07) is 11.9. The number of hydrogen-bond acceptors (Lipinski definition) is 4. The van der Waals surface area contributed by atoms with Gasteiger partial charge in [-0.2, -0.15) is 0 Å². The molecular formula is C19H20N2O2S. The highest BCUT2D eigenvalue weighted by atomic mass is 32.1. The number of ether oxygens (including phenoxy) is 1.